The van der Waals surface area contributed by atoms with Crippen molar-refractivity contribution in [2.75, 3.05) is 13.2 Å². The summed E-state index contributed by atoms with van der Waals surface area (Å²) in [7, 11) is 0. The van der Waals surface area contributed by atoms with E-state index in [9.17, 15) is 14.4 Å². The van der Waals surface area contributed by atoms with Gasteiger partial charge < -0.3 is 14.2 Å². The fraction of sp³-hybridized carbons (Fsp3) is 0.706. The number of carbonyl (C=O) groups is 3. The van der Waals surface area contributed by atoms with E-state index in [1.165, 1.54) is 83.5 Å². The molecule has 0 aromatic heterocycles. The van der Waals surface area contributed by atoms with Crippen molar-refractivity contribution < 1.29 is 28.6 Å². The summed E-state index contributed by atoms with van der Waals surface area (Å²) in [6.45, 7) is 6.40. The van der Waals surface area contributed by atoms with Crippen LogP contribution >= 0.6 is 0 Å². The average Bonchev–Trinajstić information content (AvgIpc) is 3.21. The van der Waals surface area contributed by atoms with Crippen molar-refractivity contribution in [2.45, 2.75) is 219 Å². The summed E-state index contributed by atoms with van der Waals surface area (Å²) in [4.78, 5) is 37.7. The van der Waals surface area contributed by atoms with E-state index in [0.29, 0.717) is 19.3 Å². The molecular formula is C51H86O6. The third kappa shape index (κ3) is 43.8. The Hall–Kier alpha value is -3.15. The Morgan fingerprint density at radius 2 is 0.719 bits per heavy atom. The highest BCUT2D eigenvalue weighted by Gasteiger charge is 2.19. The van der Waals surface area contributed by atoms with Gasteiger partial charge in [-0.05, 0) is 77.0 Å². The third-order valence-electron chi connectivity index (χ3n) is 9.71. The van der Waals surface area contributed by atoms with Gasteiger partial charge in [0.2, 0.25) is 0 Å². The molecule has 0 spiro atoms. The summed E-state index contributed by atoms with van der Waals surface area (Å²) in [5, 5.41) is 0. The molecule has 0 aromatic carbocycles. The molecule has 0 saturated heterocycles. The largest absolute Gasteiger partial charge is 0.462 e. The molecule has 6 heteroatoms. The van der Waals surface area contributed by atoms with E-state index in [-0.39, 0.29) is 37.5 Å². The minimum atomic E-state index is -0.809. The molecule has 0 aromatic rings. The lowest BCUT2D eigenvalue weighted by molar-refractivity contribution is -0.166. The van der Waals surface area contributed by atoms with Crippen molar-refractivity contribution >= 4 is 17.9 Å². The average molecular weight is 795 g/mol. The maximum atomic E-state index is 12.7. The predicted octanol–water partition coefficient (Wildman–Crippen LogP) is 15.1. The molecular weight excluding hydrogens is 709 g/mol. The van der Waals surface area contributed by atoms with Crippen LogP contribution in [0.25, 0.3) is 0 Å². The Kier molecular flexibility index (Phi) is 43.0. The molecule has 0 aliphatic rings. The summed E-state index contributed by atoms with van der Waals surface area (Å²) in [5.74, 6) is -1.01. The van der Waals surface area contributed by atoms with E-state index in [0.717, 1.165) is 83.5 Å². The van der Waals surface area contributed by atoms with Gasteiger partial charge in [-0.2, -0.15) is 0 Å². The summed E-state index contributed by atoms with van der Waals surface area (Å²) >= 11 is 0. The molecule has 0 amide bonds. The molecule has 0 radical (unpaired) electrons. The lowest BCUT2D eigenvalue weighted by Gasteiger charge is -2.18. The quantitative estimate of drug-likeness (QED) is 0.0265. The Morgan fingerprint density at radius 1 is 0.368 bits per heavy atom. The molecule has 0 aliphatic heterocycles. The molecule has 1 atom stereocenters. The van der Waals surface area contributed by atoms with Crippen LogP contribution in [-0.2, 0) is 28.6 Å². The Balaban J connectivity index is 4.49. The summed E-state index contributed by atoms with van der Waals surface area (Å²) in [6, 6.07) is 0. The van der Waals surface area contributed by atoms with Crippen LogP contribution in [0.15, 0.2) is 72.9 Å². The molecule has 1 unspecified atom stereocenters. The topological polar surface area (TPSA) is 78.9 Å². The molecule has 6 nitrogen and oxygen atoms in total. The normalized spacial score (nSPS) is 12.7. The first-order valence-electron chi connectivity index (χ1n) is 23.4. The minimum Gasteiger partial charge on any atom is -0.462 e. The van der Waals surface area contributed by atoms with Gasteiger partial charge in [-0.15, -0.1) is 0 Å². The van der Waals surface area contributed by atoms with Gasteiger partial charge in [0.1, 0.15) is 13.2 Å². The SMILES string of the molecule is CC/C=C\C/C=C\C/C=C\C/C=C\C/C=C\CCC(=O)OCC(COC(=O)CCCCCCCCCCC)OC(=O)CCCCC/C=C\CCCCCCCCC. The molecule has 0 aliphatic carbocycles. The van der Waals surface area contributed by atoms with Crippen LogP contribution in [-0.4, -0.2) is 37.2 Å². The first-order valence-corrected chi connectivity index (χ1v) is 23.4. The number of allylic oxidation sites excluding steroid dienone is 12. The number of ether oxygens (including phenoxy) is 3. The predicted molar refractivity (Wildman–Crippen MR) is 242 cm³/mol. The molecule has 0 bridgehead atoms. The monoisotopic (exact) mass is 795 g/mol. The standard InChI is InChI=1S/C51H86O6/c1-4-7-10-13-16-19-21-23-25-26-28-29-32-35-38-41-44-50(53)56-47-48(46-55-49(52)43-40-37-34-31-18-15-12-9-6-3)57-51(54)45-42-39-36-33-30-27-24-22-20-17-14-11-8-5-2/h7,10,16,19,23,25,27-30,35,38,48H,4-6,8-9,11-15,17-18,20-22,24,26,31-34,36-37,39-47H2,1-3H3/b10-7-,19-16-,25-23-,29-28-,30-27-,38-35-. The van der Waals surface area contributed by atoms with E-state index in [4.69, 9.17) is 14.2 Å². The number of rotatable bonds is 41. The van der Waals surface area contributed by atoms with E-state index in [2.05, 4.69) is 81.5 Å². The number of hydrogen-bond acceptors (Lipinski definition) is 6. The van der Waals surface area contributed by atoms with Crippen molar-refractivity contribution in [3.8, 4) is 0 Å². The lowest BCUT2D eigenvalue weighted by atomic mass is 10.1. The Morgan fingerprint density at radius 3 is 1.19 bits per heavy atom. The van der Waals surface area contributed by atoms with Crippen molar-refractivity contribution in [1.82, 2.24) is 0 Å². The molecule has 0 saturated carbocycles. The first kappa shape index (κ1) is 53.9. The molecule has 326 valence electrons. The van der Waals surface area contributed by atoms with Crippen LogP contribution in [0.4, 0.5) is 0 Å². The van der Waals surface area contributed by atoms with Crippen LogP contribution in [0.3, 0.4) is 0 Å². The summed E-state index contributed by atoms with van der Waals surface area (Å²) < 4.78 is 16.6. The molecule has 0 rings (SSSR count). The molecule has 0 fully saturated rings. The molecule has 57 heavy (non-hydrogen) atoms. The first-order chi connectivity index (χ1) is 28.0. The summed E-state index contributed by atoms with van der Waals surface area (Å²) in [5.41, 5.74) is 0. The van der Waals surface area contributed by atoms with Gasteiger partial charge in [-0.25, -0.2) is 0 Å². The number of esters is 3. The van der Waals surface area contributed by atoms with Gasteiger partial charge >= 0.3 is 17.9 Å². The van der Waals surface area contributed by atoms with Gasteiger partial charge in [0, 0.05) is 19.3 Å². The van der Waals surface area contributed by atoms with Crippen LogP contribution < -0.4 is 0 Å². The van der Waals surface area contributed by atoms with E-state index < -0.39 is 6.10 Å². The van der Waals surface area contributed by atoms with Crippen molar-refractivity contribution in [3.05, 3.63) is 72.9 Å². The highest BCUT2D eigenvalue weighted by atomic mass is 16.6. The second kappa shape index (κ2) is 45.6. The second-order valence-electron chi connectivity index (χ2n) is 15.3. The Bertz CT molecular complexity index is 1100. The van der Waals surface area contributed by atoms with Crippen LogP contribution in [0.5, 0.6) is 0 Å². The van der Waals surface area contributed by atoms with E-state index in [1.54, 1.807) is 0 Å². The van der Waals surface area contributed by atoms with E-state index in [1.807, 2.05) is 12.2 Å². The maximum Gasteiger partial charge on any atom is 0.306 e. The zero-order valence-electron chi connectivity index (χ0n) is 37.1. The van der Waals surface area contributed by atoms with Crippen LogP contribution in [0, 0.1) is 0 Å². The highest BCUT2D eigenvalue weighted by molar-refractivity contribution is 5.71. The van der Waals surface area contributed by atoms with Crippen molar-refractivity contribution in [3.63, 3.8) is 0 Å². The van der Waals surface area contributed by atoms with Crippen LogP contribution in [0.2, 0.25) is 0 Å². The third-order valence-corrected chi connectivity index (χ3v) is 9.71. The van der Waals surface area contributed by atoms with Gasteiger partial charge in [0.15, 0.2) is 6.10 Å². The zero-order chi connectivity index (χ0) is 41.5. The van der Waals surface area contributed by atoms with Crippen LogP contribution in [0.1, 0.15) is 213 Å². The molecule has 0 N–H and O–H groups in total. The van der Waals surface area contributed by atoms with Gasteiger partial charge in [-0.3, -0.25) is 14.4 Å². The van der Waals surface area contributed by atoms with E-state index >= 15 is 0 Å². The fourth-order valence-corrected chi connectivity index (χ4v) is 6.19. The smallest absolute Gasteiger partial charge is 0.306 e. The van der Waals surface area contributed by atoms with Gasteiger partial charge in [0.25, 0.3) is 0 Å². The van der Waals surface area contributed by atoms with Crippen molar-refractivity contribution in [1.29, 1.82) is 0 Å². The molecule has 0 heterocycles. The summed E-state index contributed by atoms with van der Waals surface area (Å²) in [6.07, 6.45) is 56.1. The van der Waals surface area contributed by atoms with Gasteiger partial charge in [-0.1, -0.05) is 190 Å². The minimum absolute atomic E-state index is 0.104. The number of hydrogen-bond donors (Lipinski definition) is 0. The fourth-order valence-electron chi connectivity index (χ4n) is 6.19. The highest BCUT2D eigenvalue weighted by Crippen LogP contribution is 2.13. The lowest BCUT2D eigenvalue weighted by Crippen LogP contribution is -2.30. The van der Waals surface area contributed by atoms with Crippen molar-refractivity contribution in [2.24, 2.45) is 0 Å². The zero-order valence-corrected chi connectivity index (χ0v) is 37.1. The number of unbranched alkanes of at least 4 members (excludes halogenated alkanes) is 18. The second-order valence-corrected chi connectivity index (χ2v) is 15.3. The maximum absolute atomic E-state index is 12.7. The van der Waals surface area contributed by atoms with Gasteiger partial charge in [0.05, 0.1) is 0 Å². The Labute approximate surface area is 351 Å². The number of carbonyl (C=O) groups excluding carboxylic acids is 3.